The van der Waals surface area contributed by atoms with Gasteiger partial charge in [0, 0.05) is 19.6 Å². The molecule has 0 aromatic carbocycles. The zero-order valence-corrected chi connectivity index (χ0v) is 7.81. The first-order chi connectivity index (χ1) is 6.88. The fraction of sp³-hybridized carbons (Fsp3) is 0.667. The Labute approximate surface area is 81.4 Å². The van der Waals surface area contributed by atoms with Gasteiger partial charge in [0.1, 0.15) is 6.29 Å². The highest BCUT2D eigenvalue weighted by Crippen LogP contribution is 2.16. The third-order valence-electron chi connectivity index (χ3n) is 2.26. The van der Waals surface area contributed by atoms with Crippen LogP contribution < -0.4 is 0 Å². The van der Waals surface area contributed by atoms with Crippen molar-refractivity contribution in [2.75, 3.05) is 13.2 Å². The van der Waals surface area contributed by atoms with Crippen LogP contribution in [0.1, 0.15) is 18.1 Å². The van der Waals surface area contributed by atoms with Crippen molar-refractivity contribution < 1.29 is 14.1 Å². The van der Waals surface area contributed by atoms with Crippen molar-refractivity contribution in [3.63, 3.8) is 0 Å². The van der Waals surface area contributed by atoms with E-state index in [0.29, 0.717) is 17.6 Å². The quantitative estimate of drug-likeness (QED) is 0.652. The number of ether oxygens (including phenoxy) is 1. The molecule has 1 aliphatic rings. The van der Waals surface area contributed by atoms with Crippen LogP contribution in [0.2, 0.25) is 0 Å². The minimum absolute atomic E-state index is 0.203. The Bertz CT molecular complexity index is 305. The van der Waals surface area contributed by atoms with Crippen molar-refractivity contribution in [3.8, 4) is 0 Å². The molecule has 1 aliphatic heterocycles. The van der Waals surface area contributed by atoms with Crippen molar-refractivity contribution in [3.05, 3.63) is 11.7 Å². The van der Waals surface area contributed by atoms with E-state index in [9.17, 15) is 4.79 Å². The minimum atomic E-state index is 0.203. The van der Waals surface area contributed by atoms with E-state index in [1.54, 1.807) is 0 Å². The lowest BCUT2D eigenvalue weighted by Crippen LogP contribution is -2.05. The van der Waals surface area contributed by atoms with Crippen LogP contribution in [0.4, 0.5) is 0 Å². The standard InChI is InChI=1S/C9H12N2O3/c12-3-1-9-10-8(11-14-9)5-7-2-4-13-6-7/h3,7H,1-2,4-6H2. The highest BCUT2D eigenvalue weighted by molar-refractivity contribution is 5.52. The van der Waals surface area contributed by atoms with Gasteiger partial charge in [0.25, 0.3) is 0 Å². The molecule has 2 heterocycles. The summed E-state index contributed by atoms with van der Waals surface area (Å²) in [4.78, 5) is 14.3. The monoisotopic (exact) mass is 196 g/mol. The molecule has 1 aromatic rings. The highest BCUT2D eigenvalue weighted by atomic mass is 16.5. The van der Waals surface area contributed by atoms with Crippen LogP contribution >= 0.6 is 0 Å². The number of carbonyl (C=O) groups excluding carboxylic acids is 1. The summed E-state index contributed by atoms with van der Waals surface area (Å²) in [7, 11) is 0. The third kappa shape index (κ3) is 2.17. The highest BCUT2D eigenvalue weighted by Gasteiger charge is 2.18. The summed E-state index contributed by atoms with van der Waals surface area (Å²) >= 11 is 0. The average Bonchev–Trinajstić information content (AvgIpc) is 2.79. The molecule has 1 atom stereocenters. The molecule has 0 amide bonds. The number of nitrogens with zero attached hydrogens (tertiary/aromatic N) is 2. The van der Waals surface area contributed by atoms with E-state index in [2.05, 4.69) is 10.1 Å². The molecule has 0 saturated carbocycles. The SMILES string of the molecule is O=CCc1nc(CC2CCOC2)no1. The summed E-state index contributed by atoms with van der Waals surface area (Å²) in [6, 6.07) is 0. The lowest BCUT2D eigenvalue weighted by Gasteiger charge is -2.00. The van der Waals surface area contributed by atoms with Crippen LogP contribution in [-0.4, -0.2) is 29.6 Å². The molecule has 1 unspecified atom stereocenters. The maximum atomic E-state index is 10.2. The molecule has 0 bridgehead atoms. The van der Waals surface area contributed by atoms with Gasteiger partial charge in [-0.1, -0.05) is 5.16 Å². The van der Waals surface area contributed by atoms with Gasteiger partial charge in [0.05, 0.1) is 6.42 Å². The van der Waals surface area contributed by atoms with Gasteiger partial charge in [0.15, 0.2) is 5.82 Å². The Balaban J connectivity index is 1.91. The number of hydrogen-bond donors (Lipinski definition) is 0. The van der Waals surface area contributed by atoms with Crippen molar-refractivity contribution in [2.24, 2.45) is 5.92 Å². The number of rotatable bonds is 4. The second kappa shape index (κ2) is 4.32. The van der Waals surface area contributed by atoms with Gasteiger partial charge >= 0.3 is 0 Å². The first kappa shape index (κ1) is 9.33. The maximum Gasteiger partial charge on any atom is 0.233 e. The van der Waals surface area contributed by atoms with Crippen LogP contribution in [0.5, 0.6) is 0 Å². The number of aldehydes is 1. The largest absolute Gasteiger partial charge is 0.381 e. The van der Waals surface area contributed by atoms with Gasteiger partial charge in [0.2, 0.25) is 5.89 Å². The molecule has 0 spiro atoms. The van der Waals surface area contributed by atoms with Gasteiger partial charge in [-0.25, -0.2) is 0 Å². The molecule has 1 fully saturated rings. The summed E-state index contributed by atoms with van der Waals surface area (Å²) in [5.41, 5.74) is 0. The van der Waals surface area contributed by atoms with E-state index in [1.165, 1.54) is 0 Å². The van der Waals surface area contributed by atoms with E-state index in [1.807, 2.05) is 0 Å². The van der Waals surface area contributed by atoms with Crippen LogP contribution in [-0.2, 0) is 22.4 Å². The van der Waals surface area contributed by atoms with E-state index < -0.39 is 0 Å². The van der Waals surface area contributed by atoms with Crippen LogP contribution in [0.3, 0.4) is 0 Å². The second-order valence-corrected chi connectivity index (χ2v) is 3.41. The lowest BCUT2D eigenvalue weighted by atomic mass is 10.1. The first-order valence-corrected chi connectivity index (χ1v) is 4.71. The fourth-order valence-corrected chi connectivity index (χ4v) is 1.53. The van der Waals surface area contributed by atoms with E-state index in [4.69, 9.17) is 9.26 Å². The van der Waals surface area contributed by atoms with Crippen molar-refractivity contribution in [1.82, 2.24) is 10.1 Å². The van der Waals surface area contributed by atoms with Crippen LogP contribution in [0.15, 0.2) is 4.52 Å². The van der Waals surface area contributed by atoms with Crippen molar-refractivity contribution >= 4 is 6.29 Å². The lowest BCUT2D eigenvalue weighted by molar-refractivity contribution is -0.107. The van der Waals surface area contributed by atoms with Gasteiger partial charge in [-0.2, -0.15) is 4.98 Å². The number of aromatic nitrogens is 2. The Morgan fingerprint density at radius 1 is 1.57 bits per heavy atom. The van der Waals surface area contributed by atoms with Gasteiger partial charge in [-0.05, 0) is 12.3 Å². The van der Waals surface area contributed by atoms with Crippen molar-refractivity contribution in [2.45, 2.75) is 19.3 Å². The molecule has 0 N–H and O–H groups in total. The molecule has 2 rings (SSSR count). The molecular weight excluding hydrogens is 184 g/mol. The Morgan fingerprint density at radius 2 is 2.50 bits per heavy atom. The smallest absolute Gasteiger partial charge is 0.233 e. The van der Waals surface area contributed by atoms with Crippen molar-refractivity contribution in [1.29, 1.82) is 0 Å². The Hall–Kier alpha value is -1.23. The zero-order chi connectivity index (χ0) is 9.80. The number of carbonyl (C=O) groups is 1. The summed E-state index contributed by atoms with van der Waals surface area (Å²) in [6.45, 7) is 1.60. The predicted octanol–water partition coefficient (Wildman–Crippen LogP) is 0.390. The minimum Gasteiger partial charge on any atom is -0.381 e. The molecular formula is C9H12N2O3. The average molecular weight is 196 g/mol. The van der Waals surface area contributed by atoms with Gasteiger partial charge in [-0.15, -0.1) is 0 Å². The summed E-state index contributed by atoms with van der Waals surface area (Å²) < 4.78 is 10.1. The fourth-order valence-electron chi connectivity index (χ4n) is 1.53. The molecule has 0 radical (unpaired) electrons. The predicted molar refractivity (Wildman–Crippen MR) is 46.7 cm³/mol. The molecule has 14 heavy (non-hydrogen) atoms. The maximum absolute atomic E-state index is 10.2. The zero-order valence-electron chi connectivity index (χ0n) is 7.81. The normalized spacial score (nSPS) is 21.3. The molecule has 1 aromatic heterocycles. The third-order valence-corrected chi connectivity index (χ3v) is 2.26. The summed E-state index contributed by atoms with van der Waals surface area (Å²) in [6.07, 6.45) is 2.80. The number of hydrogen-bond acceptors (Lipinski definition) is 5. The van der Waals surface area contributed by atoms with Crippen LogP contribution in [0, 0.1) is 5.92 Å². The van der Waals surface area contributed by atoms with Crippen LogP contribution in [0.25, 0.3) is 0 Å². The molecule has 5 heteroatoms. The summed E-state index contributed by atoms with van der Waals surface area (Å²) in [5, 5.41) is 3.80. The van der Waals surface area contributed by atoms with E-state index in [-0.39, 0.29) is 6.42 Å². The molecule has 0 aliphatic carbocycles. The van der Waals surface area contributed by atoms with Gasteiger partial charge < -0.3 is 14.1 Å². The second-order valence-electron chi connectivity index (χ2n) is 3.41. The van der Waals surface area contributed by atoms with Gasteiger partial charge in [-0.3, -0.25) is 0 Å². The molecule has 76 valence electrons. The first-order valence-electron chi connectivity index (χ1n) is 4.71. The molecule has 5 nitrogen and oxygen atoms in total. The summed E-state index contributed by atoms with van der Waals surface area (Å²) in [5.74, 6) is 1.57. The Kier molecular flexibility index (Phi) is 2.88. The topological polar surface area (TPSA) is 65.2 Å². The Morgan fingerprint density at radius 3 is 3.21 bits per heavy atom. The van der Waals surface area contributed by atoms with E-state index >= 15 is 0 Å². The van der Waals surface area contributed by atoms with E-state index in [0.717, 1.165) is 32.3 Å². The molecule has 1 saturated heterocycles.